The van der Waals surface area contributed by atoms with Crippen LogP contribution in [0.4, 0.5) is 10.1 Å². The van der Waals surface area contributed by atoms with Crippen LogP contribution in [0.25, 0.3) is 0 Å². The number of hydrogen-bond donors (Lipinski definition) is 1. The van der Waals surface area contributed by atoms with Gasteiger partial charge in [-0.1, -0.05) is 30.3 Å². The Morgan fingerprint density at radius 1 is 1.03 bits per heavy atom. The van der Waals surface area contributed by atoms with Gasteiger partial charge in [0.1, 0.15) is 11.6 Å². The van der Waals surface area contributed by atoms with Crippen LogP contribution in [0.3, 0.4) is 0 Å². The van der Waals surface area contributed by atoms with Gasteiger partial charge in [-0.05, 0) is 61.4 Å². The minimum atomic E-state index is -3.86. The highest BCUT2D eigenvalue weighted by atomic mass is 32.2. The van der Waals surface area contributed by atoms with Crippen LogP contribution < -0.4 is 14.4 Å². The Labute approximate surface area is 187 Å². The van der Waals surface area contributed by atoms with Crippen LogP contribution in [0.5, 0.6) is 5.75 Å². The Bertz CT molecular complexity index is 1200. The van der Waals surface area contributed by atoms with Crippen LogP contribution in [0.15, 0.2) is 77.7 Å². The van der Waals surface area contributed by atoms with Crippen LogP contribution in [-0.2, 0) is 16.4 Å². The van der Waals surface area contributed by atoms with Gasteiger partial charge in [0.05, 0.1) is 17.7 Å². The second kappa shape index (κ2) is 9.82. The summed E-state index contributed by atoms with van der Waals surface area (Å²) in [5, 5.41) is 2.81. The molecular weight excluding hydrogens is 431 g/mol. The molecule has 0 saturated heterocycles. The van der Waals surface area contributed by atoms with Crippen molar-refractivity contribution in [3.05, 3.63) is 89.7 Å². The lowest BCUT2D eigenvalue weighted by Crippen LogP contribution is -2.34. The first-order chi connectivity index (χ1) is 15.2. The van der Waals surface area contributed by atoms with Crippen LogP contribution in [0, 0.1) is 5.82 Å². The summed E-state index contributed by atoms with van der Waals surface area (Å²) in [5.41, 5.74) is 1.23. The zero-order valence-corrected chi connectivity index (χ0v) is 18.9. The SMILES string of the molecule is COc1ccccc1N(C)S(=O)(=O)c1ccc(C(=O)NC(C)Cc2ccccc2F)cc1. The summed E-state index contributed by atoms with van der Waals surface area (Å²) in [7, 11) is -0.941. The Hall–Kier alpha value is -3.39. The van der Waals surface area contributed by atoms with Crippen molar-refractivity contribution in [3.63, 3.8) is 0 Å². The number of carbonyl (C=O) groups excluding carboxylic acids is 1. The van der Waals surface area contributed by atoms with Gasteiger partial charge < -0.3 is 10.1 Å². The standard InChI is InChI=1S/C24H25FN2O4S/c1-17(16-19-8-4-5-9-21(19)25)26-24(28)18-12-14-20(15-13-18)32(29,30)27(2)22-10-6-7-11-23(22)31-3/h4-15,17H,16H2,1-3H3,(H,26,28). The van der Waals surface area contributed by atoms with Gasteiger partial charge in [-0.3, -0.25) is 9.10 Å². The van der Waals surface area contributed by atoms with Gasteiger partial charge in [0.2, 0.25) is 0 Å². The van der Waals surface area contributed by atoms with E-state index in [0.717, 1.165) is 4.31 Å². The molecular formula is C24H25FN2O4S. The lowest BCUT2D eigenvalue weighted by Gasteiger charge is -2.21. The average Bonchev–Trinajstić information content (AvgIpc) is 2.80. The molecule has 6 nitrogen and oxygen atoms in total. The van der Waals surface area contributed by atoms with E-state index in [1.165, 1.54) is 44.5 Å². The van der Waals surface area contributed by atoms with E-state index in [1.54, 1.807) is 49.4 Å². The van der Waals surface area contributed by atoms with Crippen molar-refractivity contribution in [1.29, 1.82) is 0 Å². The maximum Gasteiger partial charge on any atom is 0.264 e. The van der Waals surface area contributed by atoms with E-state index in [-0.39, 0.29) is 22.7 Å². The van der Waals surface area contributed by atoms with Gasteiger partial charge in [0, 0.05) is 18.7 Å². The molecule has 3 rings (SSSR count). The van der Waals surface area contributed by atoms with Crippen LogP contribution in [-0.4, -0.2) is 34.5 Å². The molecule has 0 bridgehead atoms. The quantitative estimate of drug-likeness (QED) is 0.556. The summed E-state index contributed by atoms with van der Waals surface area (Å²) in [6.45, 7) is 1.78. The van der Waals surface area contributed by atoms with Crippen LogP contribution in [0.2, 0.25) is 0 Å². The molecule has 0 heterocycles. The minimum absolute atomic E-state index is 0.0434. The van der Waals surface area contributed by atoms with Crippen molar-refractivity contribution in [2.45, 2.75) is 24.3 Å². The van der Waals surface area contributed by atoms with Gasteiger partial charge in [-0.25, -0.2) is 12.8 Å². The van der Waals surface area contributed by atoms with Gasteiger partial charge in [0.15, 0.2) is 0 Å². The maximum atomic E-state index is 13.8. The number of carbonyl (C=O) groups is 1. The summed E-state index contributed by atoms with van der Waals surface area (Å²) in [6, 6.07) is 18.6. The monoisotopic (exact) mass is 456 g/mol. The first-order valence-corrected chi connectivity index (χ1v) is 11.4. The second-order valence-electron chi connectivity index (χ2n) is 7.34. The van der Waals surface area contributed by atoms with Crippen molar-refractivity contribution < 1.29 is 22.3 Å². The molecule has 1 atom stereocenters. The summed E-state index contributed by atoms with van der Waals surface area (Å²) < 4.78 is 46.3. The van der Waals surface area contributed by atoms with Gasteiger partial charge in [0.25, 0.3) is 15.9 Å². The van der Waals surface area contributed by atoms with Gasteiger partial charge in [-0.2, -0.15) is 0 Å². The minimum Gasteiger partial charge on any atom is -0.495 e. The molecule has 0 radical (unpaired) electrons. The number of anilines is 1. The van der Waals surface area contributed by atoms with E-state index in [9.17, 15) is 17.6 Å². The smallest absolute Gasteiger partial charge is 0.264 e. The lowest BCUT2D eigenvalue weighted by atomic mass is 10.1. The second-order valence-corrected chi connectivity index (χ2v) is 9.31. The first kappa shape index (κ1) is 23.3. The number of methoxy groups -OCH3 is 1. The van der Waals surface area contributed by atoms with Gasteiger partial charge >= 0.3 is 0 Å². The molecule has 1 amide bonds. The number of hydrogen-bond acceptors (Lipinski definition) is 4. The molecule has 32 heavy (non-hydrogen) atoms. The number of para-hydroxylation sites is 2. The van der Waals surface area contributed by atoms with Crippen molar-refractivity contribution in [2.75, 3.05) is 18.5 Å². The number of halogens is 1. The predicted octanol–water partition coefficient (Wildman–Crippen LogP) is 4.02. The molecule has 0 aromatic heterocycles. The number of nitrogens with zero attached hydrogens (tertiary/aromatic N) is 1. The average molecular weight is 457 g/mol. The molecule has 0 aliphatic heterocycles. The molecule has 0 aliphatic carbocycles. The zero-order valence-electron chi connectivity index (χ0n) is 18.1. The van der Waals surface area contributed by atoms with E-state index in [0.29, 0.717) is 29.0 Å². The van der Waals surface area contributed by atoms with E-state index in [2.05, 4.69) is 5.32 Å². The molecule has 168 valence electrons. The van der Waals surface area contributed by atoms with Crippen LogP contribution >= 0.6 is 0 Å². The Kier molecular flexibility index (Phi) is 7.15. The van der Waals surface area contributed by atoms with Gasteiger partial charge in [-0.15, -0.1) is 0 Å². The summed E-state index contributed by atoms with van der Waals surface area (Å²) >= 11 is 0. The number of benzene rings is 3. The summed E-state index contributed by atoms with van der Waals surface area (Å²) in [5.74, 6) is -0.253. The number of amides is 1. The lowest BCUT2D eigenvalue weighted by molar-refractivity contribution is 0.0940. The van der Waals surface area contributed by atoms with Crippen molar-refractivity contribution in [3.8, 4) is 5.75 Å². The van der Waals surface area contributed by atoms with Crippen molar-refractivity contribution >= 4 is 21.6 Å². The first-order valence-electron chi connectivity index (χ1n) is 10.0. The largest absolute Gasteiger partial charge is 0.495 e. The highest BCUT2D eigenvalue weighted by Crippen LogP contribution is 2.30. The third-order valence-corrected chi connectivity index (χ3v) is 6.85. The van der Waals surface area contributed by atoms with Crippen molar-refractivity contribution in [1.82, 2.24) is 5.32 Å². The number of sulfonamides is 1. The molecule has 8 heteroatoms. The zero-order chi connectivity index (χ0) is 23.3. The fraction of sp³-hybridized carbons (Fsp3) is 0.208. The summed E-state index contributed by atoms with van der Waals surface area (Å²) in [6.07, 6.45) is 0.342. The van der Waals surface area contributed by atoms with E-state index in [4.69, 9.17) is 4.74 Å². The summed E-state index contributed by atoms with van der Waals surface area (Å²) in [4.78, 5) is 12.6. The fourth-order valence-electron chi connectivity index (χ4n) is 3.31. The molecule has 0 saturated carbocycles. The fourth-order valence-corrected chi connectivity index (χ4v) is 4.51. The van der Waals surface area contributed by atoms with E-state index < -0.39 is 10.0 Å². The maximum absolute atomic E-state index is 13.8. The van der Waals surface area contributed by atoms with Crippen molar-refractivity contribution in [2.24, 2.45) is 0 Å². The predicted molar refractivity (Wildman–Crippen MR) is 122 cm³/mol. The number of ether oxygens (including phenoxy) is 1. The molecule has 1 N–H and O–H groups in total. The van der Waals surface area contributed by atoms with Crippen LogP contribution in [0.1, 0.15) is 22.8 Å². The third kappa shape index (κ3) is 5.08. The normalized spacial score (nSPS) is 12.1. The Morgan fingerprint density at radius 3 is 2.31 bits per heavy atom. The topological polar surface area (TPSA) is 75.7 Å². The number of rotatable bonds is 8. The highest BCUT2D eigenvalue weighted by molar-refractivity contribution is 7.92. The molecule has 3 aromatic carbocycles. The molecule has 0 spiro atoms. The number of nitrogens with one attached hydrogen (secondary N) is 1. The van der Waals surface area contributed by atoms with E-state index in [1.807, 2.05) is 0 Å². The highest BCUT2D eigenvalue weighted by Gasteiger charge is 2.24. The van der Waals surface area contributed by atoms with E-state index >= 15 is 0 Å². The molecule has 1 unspecified atom stereocenters. The molecule has 3 aromatic rings. The Balaban J connectivity index is 1.72. The third-order valence-electron chi connectivity index (χ3n) is 5.06. The molecule has 0 aliphatic rings. The Morgan fingerprint density at radius 2 is 1.66 bits per heavy atom. The molecule has 0 fully saturated rings.